The summed E-state index contributed by atoms with van der Waals surface area (Å²) in [5.41, 5.74) is 2.11. The SMILES string of the molecule is Cc1nc2cccnc2n(CC(=O)NCCc2ccc(Cl)cc2)c1=O. The van der Waals surface area contributed by atoms with Gasteiger partial charge in [0.1, 0.15) is 17.8 Å². The molecule has 0 saturated carbocycles. The average molecular weight is 357 g/mol. The van der Waals surface area contributed by atoms with Crippen LogP contribution in [0.25, 0.3) is 11.2 Å². The molecule has 0 aliphatic rings. The molecule has 0 spiro atoms. The number of benzene rings is 1. The number of hydrogen-bond acceptors (Lipinski definition) is 4. The third-order valence-electron chi connectivity index (χ3n) is 3.82. The number of pyridine rings is 1. The van der Waals surface area contributed by atoms with Gasteiger partial charge in [0.15, 0.2) is 5.65 Å². The molecule has 0 unspecified atom stereocenters. The van der Waals surface area contributed by atoms with Crippen molar-refractivity contribution in [2.24, 2.45) is 0 Å². The highest BCUT2D eigenvalue weighted by Crippen LogP contribution is 2.09. The summed E-state index contributed by atoms with van der Waals surface area (Å²) in [6.45, 7) is 2.02. The predicted octanol–water partition coefficient (Wildman–Crippen LogP) is 2.11. The molecule has 1 N–H and O–H groups in total. The maximum absolute atomic E-state index is 12.3. The fourth-order valence-electron chi connectivity index (χ4n) is 2.55. The molecule has 25 heavy (non-hydrogen) atoms. The van der Waals surface area contributed by atoms with Crippen LogP contribution in [0.5, 0.6) is 0 Å². The lowest BCUT2D eigenvalue weighted by Crippen LogP contribution is -2.34. The Labute approximate surface area is 149 Å². The number of amides is 1. The zero-order valence-corrected chi connectivity index (χ0v) is 14.5. The van der Waals surface area contributed by atoms with Crippen LogP contribution in [-0.4, -0.2) is 27.0 Å². The molecule has 3 rings (SSSR count). The maximum Gasteiger partial charge on any atom is 0.274 e. The molecule has 3 aromatic rings. The first-order valence-electron chi connectivity index (χ1n) is 7.88. The highest BCUT2D eigenvalue weighted by atomic mass is 35.5. The molecule has 6 nitrogen and oxygen atoms in total. The Morgan fingerprint density at radius 2 is 2.00 bits per heavy atom. The number of carbonyl (C=O) groups is 1. The number of aryl methyl sites for hydroxylation is 1. The Morgan fingerprint density at radius 3 is 2.76 bits per heavy atom. The van der Waals surface area contributed by atoms with Gasteiger partial charge in [-0.05, 0) is 43.2 Å². The third-order valence-corrected chi connectivity index (χ3v) is 4.07. The molecule has 1 amide bonds. The summed E-state index contributed by atoms with van der Waals surface area (Å²) in [6, 6.07) is 11.0. The first-order valence-corrected chi connectivity index (χ1v) is 8.26. The highest BCUT2D eigenvalue weighted by molar-refractivity contribution is 6.30. The standard InChI is InChI=1S/C18H17ClN4O2/c1-12-18(25)23(17-15(22-12)3-2-9-21-17)11-16(24)20-10-8-13-4-6-14(19)7-5-13/h2-7,9H,8,10-11H2,1H3,(H,20,24). The molecule has 0 aliphatic heterocycles. The number of aromatic nitrogens is 3. The molecule has 0 fully saturated rings. The number of hydrogen-bond donors (Lipinski definition) is 1. The van der Waals surface area contributed by atoms with E-state index in [1.165, 1.54) is 4.57 Å². The minimum atomic E-state index is -0.306. The topological polar surface area (TPSA) is 76.9 Å². The lowest BCUT2D eigenvalue weighted by molar-refractivity contribution is -0.121. The Morgan fingerprint density at radius 1 is 1.24 bits per heavy atom. The van der Waals surface area contributed by atoms with Crippen molar-refractivity contribution in [1.82, 2.24) is 19.9 Å². The molecule has 0 atom stereocenters. The normalized spacial score (nSPS) is 10.8. The van der Waals surface area contributed by atoms with Crippen LogP contribution >= 0.6 is 11.6 Å². The van der Waals surface area contributed by atoms with Gasteiger partial charge in [0.05, 0.1) is 0 Å². The van der Waals surface area contributed by atoms with Crippen LogP contribution in [0, 0.1) is 6.92 Å². The monoisotopic (exact) mass is 356 g/mol. The van der Waals surface area contributed by atoms with Crippen molar-refractivity contribution in [3.63, 3.8) is 0 Å². The second-order valence-corrected chi connectivity index (χ2v) is 6.10. The van der Waals surface area contributed by atoms with Gasteiger partial charge in [-0.2, -0.15) is 0 Å². The van der Waals surface area contributed by atoms with E-state index < -0.39 is 0 Å². The lowest BCUT2D eigenvalue weighted by Gasteiger charge is -2.10. The van der Waals surface area contributed by atoms with Crippen molar-refractivity contribution in [3.05, 3.63) is 69.2 Å². The van der Waals surface area contributed by atoms with Gasteiger partial charge in [-0.15, -0.1) is 0 Å². The summed E-state index contributed by atoms with van der Waals surface area (Å²) < 4.78 is 1.36. The summed E-state index contributed by atoms with van der Waals surface area (Å²) in [4.78, 5) is 32.9. The fraction of sp³-hybridized carbons (Fsp3) is 0.222. The fourth-order valence-corrected chi connectivity index (χ4v) is 2.67. The summed E-state index contributed by atoms with van der Waals surface area (Å²) >= 11 is 5.85. The van der Waals surface area contributed by atoms with E-state index in [0.29, 0.717) is 34.8 Å². The van der Waals surface area contributed by atoms with Crippen LogP contribution in [0.1, 0.15) is 11.3 Å². The van der Waals surface area contributed by atoms with E-state index in [9.17, 15) is 9.59 Å². The van der Waals surface area contributed by atoms with Crippen molar-refractivity contribution in [1.29, 1.82) is 0 Å². The summed E-state index contributed by atoms with van der Waals surface area (Å²) in [7, 11) is 0. The molecule has 1 aromatic carbocycles. The van der Waals surface area contributed by atoms with Gasteiger partial charge in [0.2, 0.25) is 5.91 Å². The average Bonchev–Trinajstić information content (AvgIpc) is 2.60. The van der Waals surface area contributed by atoms with Gasteiger partial charge in [0, 0.05) is 17.8 Å². The van der Waals surface area contributed by atoms with Gasteiger partial charge < -0.3 is 5.32 Å². The van der Waals surface area contributed by atoms with Crippen LogP contribution in [0.4, 0.5) is 0 Å². The second-order valence-electron chi connectivity index (χ2n) is 5.66. The molecule has 2 aromatic heterocycles. The number of nitrogens with zero attached hydrogens (tertiary/aromatic N) is 3. The summed E-state index contributed by atoms with van der Waals surface area (Å²) in [5.74, 6) is -0.242. The molecular weight excluding hydrogens is 340 g/mol. The number of carbonyl (C=O) groups excluding carboxylic acids is 1. The largest absolute Gasteiger partial charge is 0.354 e. The minimum Gasteiger partial charge on any atom is -0.354 e. The maximum atomic E-state index is 12.3. The van der Waals surface area contributed by atoms with Gasteiger partial charge in [0.25, 0.3) is 5.56 Å². The number of halogens is 1. The molecule has 0 radical (unpaired) electrons. The minimum absolute atomic E-state index is 0.0870. The van der Waals surface area contributed by atoms with Gasteiger partial charge in [-0.25, -0.2) is 9.97 Å². The second kappa shape index (κ2) is 7.44. The number of rotatable bonds is 5. The molecule has 128 valence electrons. The number of nitrogens with one attached hydrogen (secondary N) is 1. The number of fused-ring (bicyclic) bond motifs is 1. The van der Waals surface area contributed by atoms with E-state index in [2.05, 4.69) is 15.3 Å². The van der Waals surface area contributed by atoms with Crippen molar-refractivity contribution >= 4 is 28.7 Å². The van der Waals surface area contributed by atoms with E-state index in [1.807, 2.05) is 24.3 Å². The predicted molar refractivity (Wildman–Crippen MR) is 96.7 cm³/mol. The Hall–Kier alpha value is -2.73. The first kappa shape index (κ1) is 17.1. The molecule has 0 bridgehead atoms. The summed E-state index contributed by atoms with van der Waals surface area (Å²) in [5, 5.41) is 3.51. The van der Waals surface area contributed by atoms with Crippen molar-refractivity contribution in [2.75, 3.05) is 6.54 Å². The molecule has 2 heterocycles. The third kappa shape index (κ3) is 4.03. The highest BCUT2D eigenvalue weighted by Gasteiger charge is 2.12. The van der Waals surface area contributed by atoms with Crippen molar-refractivity contribution < 1.29 is 4.79 Å². The first-order chi connectivity index (χ1) is 12.0. The van der Waals surface area contributed by atoms with Gasteiger partial charge >= 0.3 is 0 Å². The van der Waals surface area contributed by atoms with Crippen LogP contribution in [0.2, 0.25) is 5.02 Å². The molecule has 0 saturated heterocycles. The Kier molecular flexibility index (Phi) is 5.09. The van der Waals surface area contributed by atoms with E-state index in [0.717, 1.165) is 5.56 Å². The Balaban J connectivity index is 1.69. The smallest absolute Gasteiger partial charge is 0.274 e. The zero-order chi connectivity index (χ0) is 17.8. The van der Waals surface area contributed by atoms with Crippen molar-refractivity contribution in [2.45, 2.75) is 19.9 Å². The molecule has 0 aliphatic carbocycles. The van der Waals surface area contributed by atoms with Gasteiger partial charge in [-0.1, -0.05) is 23.7 Å². The van der Waals surface area contributed by atoms with Crippen molar-refractivity contribution in [3.8, 4) is 0 Å². The summed E-state index contributed by atoms with van der Waals surface area (Å²) in [6.07, 6.45) is 2.26. The zero-order valence-electron chi connectivity index (χ0n) is 13.7. The van der Waals surface area contributed by atoms with E-state index in [1.54, 1.807) is 25.3 Å². The van der Waals surface area contributed by atoms with E-state index >= 15 is 0 Å². The quantitative estimate of drug-likeness (QED) is 0.759. The molecular formula is C18H17ClN4O2. The van der Waals surface area contributed by atoms with Crippen LogP contribution < -0.4 is 10.9 Å². The molecule has 7 heteroatoms. The van der Waals surface area contributed by atoms with E-state index in [-0.39, 0.29) is 18.0 Å². The Bertz CT molecular complexity index is 967. The lowest BCUT2D eigenvalue weighted by atomic mass is 10.1. The van der Waals surface area contributed by atoms with Gasteiger partial charge in [-0.3, -0.25) is 14.2 Å². The van der Waals surface area contributed by atoms with Crippen LogP contribution in [0.15, 0.2) is 47.4 Å². The van der Waals surface area contributed by atoms with Crippen LogP contribution in [-0.2, 0) is 17.8 Å². The van der Waals surface area contributed by atoms with E-state index in [4.69, 9.17) is 11.6 Å². The van der Waals surface area contributed by atoms with Crippen LogP contribution in [0.3, 0.4) is 0 Å².